The number of aryl methyl sites for hydroxylation is 2. The van der Waals surface area contributed by atoms with E-state index in [0.717, 1.165) is 42.6 Å². The Morgan fingerprint density at radius 3 is 1.50 bits per heavy atom. The van der Waals surface area contributed by atoms with E-state index in [1.807, 2.05) is 50.2 Å². The third-order valence-corrected chi connectivity index (χ3v) is 10.6. The Morgan fingerprint density at radius 1 is 0.654 bits per heavy atom. The molecule has 130 valence electrons. The Bertz CT molecular complexity index is 1060. The van der Waals surface area contributed by atoms with Crippen LogP contribution >= 0.6 is 23.2 Å². The molecule has 8 heteroatoms. The summed E-state index contributed by atoms with van der Waals surface area (Å²) in [6, 6.07) is 11.5. The number of halogens is 2. The van der Waals surface area contributed by atoms with Gasteiger partial charge in [0.05, 0.1) is 0 Å². The van der Waals surface area contributed by atoms with Gasteiger partial charge in [0.15, 0.2) is 0 Å². The quantitative estimate of drug-likeness (QED) is 0.396. The minimum absolute atomic E-state index is 0.139. The van der Waals surface area contributed by atoms with Crippen LogP contribution in [0.1, 0.15) is 11.6 Å². The molecule has 0 saturated heterocycles. The van der Waals surface area contributed by atoms with E-state index in [0.29, 0.717) is 10.0 Å². The summed E-state index contributed by atoms with van der Waals surface area (Å²) >= 11 is 12.6. The zero-order valence-electron chi connectivity index (χ0n) is 13.8. The zero-order valence-corrected chi connectivity index (χ0v) is 18.8. The first kappa shape index (κ1) is 18.1. The van der Waals surface area contributed by atoms with Crippen molar-refractivity contribution in [3.63, 3.8) is 0 Å². The van der Waals surface area contributed by atoms with Crippen LogP contribution < -0.4 is 9.18 Å². The maximum absolute atomic E-state index is 6.19. The molecule has 0 N–H and O–H groups in total. The van der Waals surface area contributed by atoms with Gasteiger partial charge in [-0.1, -0.05) is 0 Å². The van der Waals surface area contributed by atoms with E-state index < -0.39 is 0 Å². The SMILES string of the molecule is Cc1nc([Se][Se]c2nc(C)nc3ccc(Cl)cc23)c2cc(Cl)ccc2n1. The van der Waals surface area contributed by atoms with Crippen LogP contribution in [-0.2, 0) is 0 Å². The molecule has 4 rings (SSSR count). The number of hydrogen-bond donors (Lipinski definition) is 0. The van der Waals surface area contributed by atoms with Gasteiger partial charge < -0.3 is 0 Å². The summed E-state index contributed by atoms with van der Waals surface area (Å²) in [5.74, 6) is 1.55. The van der Waals surface area contributed by atoms with Crippen LogP contribution in [0.25, 0.3) is 21.8 Å². The third-order valence-electron chi connectivity index (χ3n) is 3.67. The maximum atomic E-state index is 6.19. The second kappa shape index (κ2) is 7.40. The summed E-state index contributed by atoms with van der Waals surface area (Å²) in [5.41, 5.74) is 1.86. The molecule has 0 saturated carbocycles. The first-order chi connectivity index (χ1) is 12.5. The van der Waals surface area contributed by atoms with Gasteiger partial charge in [0.1, 0.15) is 0 Å². The van der Waals surface area contributed by atoms with Gasteiger partial charge in [-0.3, -0.25) is 0 Å². The summed E-state index contributed by atoms with van der Waals surface area (Å²) in [7, 11) is 0. The molecule has 0 aliphatic heterocycles. The molecule has 0 unspecified atom stereocenters. The van der Waals surface area contributed by atoms with Crippen molar-refractivity contribution in [2.75, 3.05) is 0 Å². The molecule has 0 bridgehead atoms. The molecule has 4 nitrogen and oxygen atoms in total. The second-order valence-electron chi connectivity index (χ2n) is 5.64. The van der Waals surface area contributed by atoms with Crippen molar-refractivity contribution in [1.82, 2.24) is 19.9 Å². The standard InChI is InChI=1S/C18H12Cl2N4Se2/c1-9-21-15-5-3-11(19)7-13(15)17(23-9)25-26-18-14-8-12(20)4-6-16(14)22-10(2)24-18/h3-8H,1-2H3. The molecule has 2 heterocycles. The Balaban J connectivity index is 1.76. The van der Waals surface area contributed by atoms with Crippen molar-refractivity contribution in [2.45, 2.75) is 13.8 Å². The van der Waals surface area contributed by atoms with Crippen molar-refractivity contribution in [3.8, 4) is 0 Å². The van der Waals surface area contributed by atoms with E-state index in [1.54, 1.807) is 0 Å². The number of hydrogen-bond acceptors (Lipinski definition) is 4. The van der Waals surface area contributed by atoms with Crippen molar-refractivity contribution >= 4 is 80.5 Å². The first-order valence-corrected chi connectivity index (χ1v) is 14.5. The molecule has 0 aliphatic carbocycles. The van der Waals surface area contributed by atoms with E-state index in [2.05, 4.69) is 19.9 Å². The van der Waals surface area contributed by atoms with Crippen LogP contribution in [0.4, 0.5) is 0 Å². The Hall–Kier alpha value is -1.26. The van der Waals surface area contributed by atoms with Gasteiger partial charge in [-0.2, -0.15) is 0 Å². The van der Waals surface area contributed by atoms with Gasteiger partial charge >= 0.3 is 172 Å². The number of rotatable bonds is 3. The summed E-state index contributed by atoms with van der Waals surface area (Å²) in [4.78, 5) is 18.4. The van der Waals surface area contributed by atoms with Gasteiger partial charge in [0, 0.05) is 0 Å². The van der Waals surface area contributed by atoms with E-state index in [1.165, 1.54) is 0 Å². The summed E-state index contributed by atoms with van der Waals surface area (Å²) in [6.07, 6.45) is 0. The third kappa shape index (κ3) is 3.72. The fraction of sp³-hybridized carbons (Fsp3) is 0.111. The van der Waals surface area contributed by atoms with E-state index in [9.17, 15) is 0 Å². The fourth-order valence-corrected chi connectivity index (χ4v) is 9.51. The van der Waals surface area contributed by atoms with Crippen molar-refractivity contribution < 1.29 is 0 Å². The first-order valence-electron chi connectivity index (χ1n) is 7.72. The van der Waals surface area contributed by atoms with Crippen molar-refractivity contribution in [1.29, 1.82) is 0 Å². The average molecular weight is 513 g/mol. The van der Waals surface area contributed by atoms with Crippen LogP contribution in [-0.4, -0.2) is 46.2 Å². The van der Waals surface area contributed by atoms with Crippen molar-refractivity contribution in [2.24, 2.45) is 0 Å². The molecule has 0 aliphatic rings. The topological polar surface area (TPSA) is 51.6 Å². The Morgan fingerprint density at radius 2 is 1.08 bits per heavy atom. The van der Waals surface area contributed by atoms with Crippen LogP contribution in [0.5, 0.6) is 0 Å². The van der Waals surface area contributed by atoms with Gasteiger partial charge in [-0.25, -0.2) is 0 Å². The molecule has 0 fully saturated rings. The van der Waals surface area contributed by atoms with E-state index in [4.69, 9.17) is 23.2 Å². The van der Waals surface area contributed by atoms with Gasteiger partial charge in [-0.15, -0.1) is 0 Å². The molecule has 26 heavy (non-hydrogen) atoms. The van der Waals surface area contributed by atoms with Gasteiger partial charge in [0.2, 0.25) is 0 Å². The molecule has 2 aromatic heterocycles. The fourth-order valence-electron chi connectivity index (χ4n) is 2.57. The van der Waals surface area contributed by atoms with Crippen LogP contribution in [0.15, 0.2) is 36.4 Å². The Kier molecular flexibility index (Phi) is 5.15. The number of fused-ring (bicyclic) bond motifs is 2. The molecule has 2 aromatic carbocycles. The Labute approximate surface area is 171 Å². The predicted molar refractivity (Wildman–Crippen MR) is 109 cm³/mol. The zero-order chi connectivity index (χ0) is 18.3. The summed E-state index contributed by atoms with van der Waals surface area (Å²) < 4.78 is 2.13. The number of aromatic nitrogens is 4. The van der Waals surface area contributed by atoms with E-state index in [-0.39, 0.29) is 26.3 Å². The molecular weight excluding hydrogens is 501 g/mol. The predicted octanol–water partition coefficient (Wildman–Crippen LogP) is 2.77. The number of nitrogens with zero attached hydrogens (tertiary/aromatic N) is 4. The molecule has 0 amide bonds. The van der Waals surface area contributed by atoms with Gasteiger partial charge in [-0.05, 0) is 0 Å². The van der Waals surface area contributed by atoms with Crippen LogP contribution in [0.3, 0.4) is 0 Å². The molecule has 0 atom stereocenters. The van der Waals surface area contributed by atoms with Gasteiger partial charge in [0.25, 0.3) is 0 Å². The molecule has 0 spiro atoms. The molecular formula is C18H12Cl2N4Se2. The van der Waals surface area contributed by atoms with E-state index >= 15 is 0 Å². The summed E-state index contributed by atoms with van der Waals surface area (Å²) in [6.45, 7) is 3.84. The van der Waals surface area contributed by atoms with Crippen molar-refractivity contribution in [3.05, 3.63) is 58.1 Å². The molecule has 4 aromatic rings. The van der Waals surface area contributed by atoms with Crippen LogP contribution in [0.2, 0.25) is 10.0 Å². The number of benzene rings is 2. The summed E-state index contributed by atoms with van der Waals surface area (Å²) in [5, 5.41) is 3.45. The van der Waals surface area contributed by atoms with Crippen LogP contribution in [0, 0.1) is 13.8 Å². The monoisotopic (exact) mass is 514 g/mol. The second-order valence-corrected chi connectivity index (χ2v) is 12.5. The average Bonchev–Trinajstić information content (AvgIpc) is 2.60. The minimum atomic E-state index is 0.139. The normalized spacial score (nSPS) is 11.4. The molecule has 0 radical (unpaired) electrons.